The van der Waals surface area contributed by atoms with Crippen LogP contribution in [0.4, 0.5) is 5.69 Å². The number of nitrogens with zero attached hydrogens (tertiary/aromatic N) is 4. The van der Waals surface area contributed by atoms with Gasteiger partial charge in [-0.2, -0.15) is 0 Å². The summed E-state index contributed by atoms with van der Waals surface area (Å²) in [5.41, 5.74) is 2.97. The van der Waals surface area contributed by atoms with Crippen molar-refractivity contribution >= 4 is 50.4 Å². The second kappa shape index (κ2) is 6.96. The van der Waals surface area contributed by atoms with Gasteiger partial charge in [0, 0.05) is 15.6 Å². The van der Waals surface area contributed by atoms with Crippen LogP contribution in [0.1, 0.15) is 28.8 Å². The Hall–Kier alpha value is -2.71. The maximum atomic E-state index is 12.8. The van der Waals surface area contributed by atoms with Crippen molar-refractivity contribution in [1.29, 1.82) is 0 Å². The van der Waals surface area contributed by atoms with Crippen molar-refractivity contribution in [3.8, 4) is 0 Å². The Morgan fingerprint density at radius 3 is 3.00 bits per heavy atom. The van der Waals surface area contributed by atoms with Crippen molar-refractivity contribution in [2.24, 2.45) is 0 Å². The molecule has 0 radical (unpaired) electrons. The molecule has 0 spiro atoms. The first kappa shape index (κ1) is 18.3. The summed E-state index contributed by atoms with van der Waals surface area (Å²) in [4.78, 5) is 32.0. The van der Waals surface area contributed by atoms with Crippen molar-refractivity contribution < 1.29 is 4.79 Å². The predicted octanol–water partition coefficient (Wildman–Crippen LogP) is 3.59. The Balaban J connectivity index is 1.52. The molecule has 0 aliphatic heterocycles. The third kappa shape index (κ3) is 3.12. The molecule has 0 atom stereocenters. The fraction of sp³-hybridized carbons (Fsp3) is 0.300. The number of aromatic nitrogens is 4. The van der Waals surface area contributed by atoms with Crippen LogP contribution in [0.3, 0.4) is 0 Å². The minimum Gasteiger partial charge on any atom is -0.324 e. The van der Waals surface area contributed by atoms with Crippen LogP contribution in [0.25, 0.3) is 15.9 Å². The second-order valence-corrected chi connectivity index (χ2v) is 8.80. The third-order valence-corrected chi connectivity index (χ3v) is 6.74. The number of hydrogen-bond donors (Lipinski definition) is 1. The molecule has 1 aromatic carbocycles. The zero-order chi connectivity index (χ0) is 20.1. The number of hydrogen-bond acceptors (Lipinski definition) is 5. The number of aryl methyl sites for hydroxylation is 3. The van der Waals surface area contributed by atoms with E-state index < -0.39 is 0 Å². The topological polar surface area (TPSA) is 81.3 Å². The summed E-state index contributed by atoms with van der Waals surface area (Å²) in [6.07, 6.45) is 5.85. The number of thiophene rings is 1. The summed E-state index contributed by atoms with van der Waals surface area (Å²) in [5.74, 6) is -0.336. The van der Waals surface area contributed by atoms with E-state index >= 15 is 0 Å². The van der Waals surface area contributed by atoms with E-state index in [1.807, 2.05) is 13.0 Å². The lowest BCUT2D eigenvalue weighted by molar-refractivity contribution is -0.117. The number of nitrogens with one attached hydrogen (secondary N) is 1. The number of rotatable bonds is 3. The number of amides is 1. The first-order valence-electron chi connectivity index (χ1n) is 9.45. The molecule has 3 heterocycles. The average molecular weight is 428 g/mol. The molecule has 0 fully saturated rings. The molecule has 0 unspecified atom stereocenters. The molecule has 0 saturated heterocycles. The quantitative estimate of drug-likeness (QED) is 0.541. The van der Waals surface area contributed by atoms with Crippen LogP contribution in [-0.2, 0) is 24.2 Å². The highest BCUT2D eigenvalue weighted by atomic mass is 35.5. The molecule has 0 saturated carbocycles. The van der Waals surface area contributed by atoms with Crippen LogP contribution in [0.5, 0.6) is 0 Å². The van der Waals surface area contributed by atoms with E-state index in [2.05, 4.69) is 15.4 Å². The van der Waals surface area contributed by atoms with Gasteiger partial charge in [0.25, 0.3) is 0 Å². The van der Waals surface area contributed by atoms with E-state index in [0.29, 0.717) is 16.4 Å². The Labute approximate surface area is 174 Å². The number of carbonyl (C=O) groups excluding carboxylic acids is 1. The van der Waals surface area contributed by atoms with Gasteiger partial charge >= 0.3 is 5.69 Å². The molecule has 1 aliphatic carbocycles. The van der Waals surface area contributed by atoms with Gasteiger partial charge in [0.1, 0.15) is 17.7 Å². The molecule has 9 heteroatoms. The van der Waals surface area contributed by atoms with Crippen LogP contribution in [0, 0.1) is 6.92 Å². The Bertz CT molecular complexity index is 1340. The van der Waals surface area contributed by atoms with Crippen LogP contribution in [0.15, 0.2) is 29.3 Å². The van der Waals surface area contributed by atoms with Crippen LogP contribution in [-0.4, -0.2) is 25.1 Å². The standard InChI is InChI=1S/C20H18ClN5O2S/c1-11-6-7-12(21)8-14(11)23-16(27)9-26-20(28)25-10-22-19-17(18(25)24-26)13-4-2-3-5-15(13)29-19/h6-8,10H,2-5,9H2,1H3,(H,23,27). The lowest BCUT2D eigenvalue weighted by Crippen LogP contribution is -2.28. The van der Waals surface area contributed by atoms with E-state index in [1.54, 1.807) is 23.5 Å². The molecule has 1 N–H and O–H groups in total. The lowest BCUT2D eigenvalue weighted by atomic mass is 9.97. The molecule has 4 aromatic rings. The smallest absolute Gasteiger partial charge is 0.324 e. The van der Waals surface area contributed by atoms with Gasteiger partial charge in [-0.3, -0.25) is 4.79 Å². The third-order valence-electron chi connectivity index (χ3n) is 5.30. The highest BCUT2D eigenvalue weighted by Gasteiger charge is 2.22. The molecule has 1 amide bonds. The molecule has 29 heavy (non-hydrogen) atoms. The van der Waals surface area contributed by atoms with Gasteiger partial charge < -0.3 is 5.32 Å². The van der Waals surface area contributed by atoms with E-state index in [1.165, 1.54) is 32.3 Å². The summed E-state index contributed by atoms with van der Waals surface area (Å²) >= 11 is 7.69. The van der Waals surface area contributed by atoms with Gasteiger partial charge in [0.05, 0.1) is 5.39 Å². The van der Waals surface area contributed by atoms with Crippen LogP contribution < -0.4 is 11.0 Å². The highest BCUT2D eigenvalue weighted by Crippen LogP contribution is 2.36. The van der Waals surface area contributed by atoms with Crippen LogP contribution >= 0.6 is 22.9 Å². The minimum absolute atomic E-state index is 0.180. The van der Waals surface area contributed by atoms with Gasteiger partial charge in [-0.1, -0.05) is 17.7 Å². The van der Waals surface area contributed by atoms with Crippen molar-refractivity contribution in [3.05, 3.63) is 56.0 Å². The molecule has 148 valence electrons. The zero-order valence-corrected chi connectivity index (χ0v) is 17.3. The van der Waals surface area contributed by atoms with Gasteiger partial charge in [-0.15, -0.1) is 16.4 Å². The van der Waals surface area contributed by atoms with Crippen LogP contribution in [0.2, 0.25) is 5.02 Å². The maximum absolute atomic E-state index is 12.8. The zero-order valence-electron chi connectivity index (χ0n) is 15.7. The summed E-state index contributed by atoms with van der Waals surface area (Å²) < 4.78 is 2.63. The van der Waals surface area contributed by atoms with Crippen molar-refractivity contribution in [2.75, 3.05) is 5.32 Å². The SMILES string of the molecule is Cc1ccc(Cl)cc1NC(=O)Cn1nc2c3c4c(sc3ncn2c1=O)CCCC4. The fourth-order valence-electron chi connectivity index (χ4n) is 3.84. The van der Waals surface area contributed by atoms with E-state index in [0.717, 1.165) is 35.0 Å². The van der Waals surface area contributed by atoms with E-state index in [9.17, 15) is 9.59 Å². The maximum Gasteiger partial charge on any atom is 0.352 e. The van der Waals surface area contributed by atoms with Crippen molar-refractivity contribution in [2.45, 2.75) is 39.2 Å². The predicted molar refractivity (Wildman–Crippen MR) is 114 cm³/mol. The number of fused-ring (bicyclic) bond motifs is 5. The molecule has 0 bridgehead atoms. The summed E-state index contributed by atoms with van der Waals surface area (Å²) in [6, 6.07) is 5.28. The molecular formula is C20H18ClN5O2S. The Morgan fingerprint density at radius 2 is 2.14 bits per heavy atom. The van der Waals surface area contributed by atoms with Gasteiger partial charge in [0.15, 0.2) is 5.65 Å². The lowest BCUT2D eigenvalue weighted by Gasteiger charge is -2.09. The largest absolute Gasteiger partial charge is 0.352 e. The van der Waals surface area contributed by atoms with Gasteiger partial charge in [-0.25, -0.2) is 18.9 Å². The van der Waals surface area contributed by atoms with Crippen molar-refractivity contribution in [3.63, 3.8) is 0 Å². The summed E-state index contributed by atoms with van der Waals surface area (Å²) in [5, 5.41) is 8.78. The summed E-state index contributed by atoms with van der Waals surface area (Å²) in [7, 11) is 0. The number of anilines is 1. The molecule has 7 nitrogen and oxygen atoms in total. The monoisotopic (exact) mass is 427 g/mol. The first-order valence-corrected chi connectivity index (χ1v) is 10.6. The van der Waals surface area contributed by atoms with E-state index in [4.69, 9.17) is 11.6 Å². The normalized spacial score (nSPS) is 13.7. The highest BCUT2D eigenvalue weighted by molar-refractivity contribution is 7.19. The fourth-order valence-corrected chi connectivity index (χ4v) is 5.23. The number of halogens is 1. The molecule has 1 aliphatic rings. The average Bonchev–Trinajstić information content (AvgIpc) is 3.22. The molecular weight excluding hydrogens is 410 g/mol. The van der Waals surface area contributed by atoms with Gasteiger partial charge in [-0.05, 0) is 55.9 Å². The second-order valence-electron chi connectivity index (χ2n) is 7.28. The molecule has 5 rings (SSSR count). The number of carbonyl (C=O) groups is 1. The van der Waals surface area contributed by atoms with Gasteiger partial charge in [0.2, 0.25) is 5.91 Å². The van der Waals surface area contributed by atoms with Crippen molar-refractivity contribution in [1.82, 2.24) is 19.2 Å². The minimum atomic E-state index is -0.372. The Morgan fingerprint density at radius 1 is 1.31 bits per heavy atom. The molecule has 3 aromatic heterocycles. The summed E-state index contributed by atoms with van der Waals surface area (Å²) in [6.45, 7) is 1.70. The Kier molecular flexibility index (Phi) is 4.40. The number of benzene rings is 1. The van der Waals surface area contributed by atoms with E-state index in [-0.39, 0.29) is 18.1 Å². The first-order chi connectivity index (χ1) is 14.0.